The molecule has 0 saturated carbocycles. The van der Waals surface area contributed by atoms with Gasteiger partial charge in [0.05, 0.1) is 11.4 Å². The van der Waals surface area contributed by atoms with E-state index in [0.29, 0.717) is 6.54 Å². The first-order valence-corrected chi connectivity index (χ1v) is 5.95. The quantitative estimate of drug-likeness (QED) is 0.810. The topological polar surface area (TPSA) is 42.2 Å². The molecule has 0 aliphatic carbocycles. The number of thiophene rings is 1. The number of hydrogen-bond donors (Lipinski definition) is 1. The van der Waals surface area contributed by atoms with E-state index >= 15 is 0 Å². The molecule has 2 heterocycles. The molecule has 0 unspecified atom stereocenters. The third kappa shape index (κ3) is 3.06. The molecule has 17 heavy (non-hydrogen) atoms. The zero-order chi connectivity index (χ0) is 12.1. The number of aliphatic hydroxyl groups is 1. The lowest BCUT2D eigenvalue weighted by Gasteiger charge is -2.01. The van der Waals surface area contributed by atoms with Gasteiger partial charge in [0.2, 0.25) is 0 Å². The van der Waals surface area contributed by atoms with Crippen LogP contribution in [0.25, 0.3) is 0 Å². The predicted octanol–water partition coefficient (Wildman–Crippen LogP) is 1.30. The van der Waals surface area contributed by atoms with Crippen LogP contribution in [-0.4, -0.2) is 16.3 Å². The van der Waals surface area contributed by atoms with Gasteiger partial charge in [-0.25, -0.2) is 0 Å². The fraction of sp³-hybridized carbons (Fsp3) is 0.154. The average Bonchev–Trinajstić information content (AvgIpc) is 2.77. The first-order valence-electron chi connectivity index (χ1n) is 5.13. The Labute approximate surface area is 103 Å². The standard InChI is InChI=1S/C13H11NO2S/c15-9-3-4-11-6-7-12(17-11)10-14-8-2-1-5-13(14)16/h1-2,5-8,15H,9-10H2. The molecule has 0 fully saturated rings. The van der Waals surface area contributed by atoms with Crippen LogP contribution >= 0.6 is 11.3 Å². The Kier molecular flexibility index (Phi) is 3.76. The molecule has 0 aromatic carbocycles. The summed E-state index contributed by atoms with van der Waals surface area (Å²) in [6.07, 6.45) is 1.77. The van der Waals surface area contributed by atoms with Gasteiger partial charge in [-0.1, -0.05) is 17.9 Å². The highest BCUT2D eigenvalue weighted by atomic mass is 32.1. The molecular weight excluding hydrogens is 234 g/mol. The molecule has 0 saturated heterocycles. The van der Waals surface area contributed by atoms with E-state index in [1.54, 1.807) is 22.9 Å². The number of rotatable bonds is 2. The van der Waals surface area contributed by atoms with E-state index in [9.17, 15) is 4.79 Å². The van der Waals surface area contributed by atoms with Gasteiger partial charge in [0.1, 0.15) is 6.61 Å². The van der Waals surface area contributed by atoms with Gasteiger partial charge in [0.15, 0.2) is 0 Å². The zero-order valence-corrected chi connectivity index (χ0v) is 9.91. The van der Waals surface area contributed by atoms with E-state index in [1.165, 1.54) is 11.3 Å². The summed E-state index contributed by atoms with van der Waals surface area (Å²) < 4.78 is 1.65. The molecular formula is C13H11NO2S. The van der Waals surface area contributed by atoms with E-state index in [0.717, 1.165) is 9.75 Å². The Morgan fingerprint density at radius 2 is 2.18 bits per heavy atom. The lowest BCUT2D eigenvalue weighted by Crippen LogP contribution is -2.17. The van der Waals surface area contributed by atoms with Crippen LogP contribution in [0.3, 0.4) is 0 Å². The first-order chi connectivity index (χ1) is 8.29. The van der Waals surface area contributed by atoms with Crippen molar-refractivity contribution in [3.63, 3.8) is 0 Å². The minimum atomic E-state index is -0.134. The minimum Gasteiger partial charge on any atom is -0.384 e. The third-order valence-electron chi connectivity index (χ3n) is 2.18. The van der Waals surface area contributed by atoms with Crippen LogP contribution in [0.15, 0.2) is 41.3 Å². The van der Waals surface area contributed by atoms with Crippen LogP contribution < -0.4 is 5.56 Å². The van der Waals surface area contributed by atoms with Crippen LogP contribution in [0.2, 0.25) is 0 Å². The van der Waals surface area contributed by atoms with Gasteiger partial charge < -0.3 is 9.67 Å². The van der Waals surface area contributed by atoms with E-state index in [2.05, 4.69) is 11.8 Å². The summed E-state index contributed by atoms with van der Waals surface area (Å²) in [5.74, 6) is 5.45. The fourth-order valence-corrected chi connectivity index (χ4v) is 2.30. The molecule has 2 rings (SSSR count). The Hall–Kier alpha value is -1.83. The van der Waals surface area contributed by atoms with E-state index in [1.807, 2.05) is 18.2 Å². The van der Waals surface area contributed by atoms with Crippen LogP contribution in [0.1, 0.15) is 9.75 Å². The lowest BCUT2D eigenvalue weighted by atomic mass is 10.4. The zero-order valence-electron chi connectivity index (χ0n) is 9.09. The van der Waals surface area contributed by atoms with E-state index < -0.39 is 0 Å². The normalized spacial score (nSPS) is 9.71. The minimum absolute atomic E-state index is 0.0103. The molecule has 0 bridgehead atoms. The molecule has 0 aliphatic rings. The summed E-state index contributed by atoms with van der Waals surface area (Å²) in [7, 11) is 0. The molecule has 0 amide bonds. The molecule has 2 aromatic heterocycles. The summed E-state index contributed by atoms with van der Waals surface area (Å²) in [5, 5.41) is 8.59. The third-order valence-corrected chi connectivity index (χ3v) is 3.16. The Morgan fingerprint density at radius 1 is 1.29 bits per heavy atom. The largest absolute Gasteiger partial charge is 0.384 e. The van der Waals surface area contributed by atoms with Gasteiger partial charge in [-0.2, -0.15) is 0 Å². The van der Waals surface area contributed by atoms with E-state index in [4.69, 9.17) is 5.11 Å². The molecule has 0 radical (unpaired) electrons. The summed E-state index contributed by atoms with van der Waals surface area (Å²) >= 11 is 1.53. The summed E-state index contributed by atoms with van der Waals surface area (Å²) in [4.78, 5) is 13.5. The van der Waals surface area contributed by atoms with Crippen molar-refractivity contribution in [2.24, 2.45) is 0 Å². The summed E-state index contributed by atoms with van der Waals surface area (Å²) in [5.41, 5.74) is -0.0103. The highest BCUT2D eigenvalue weighted by Gasteiger charge is 2.00. The second-order valence-corrected chi connectivity index (χ2v) is 4.56. The van der Waals surface area contributed by atoms with Crippen molar-refractivity contribution in [3.05, 3.63) is 56.6 Å². The Morgan fingerprint density at radius 3 is 2.94 bits per heavy atom. The molecule has 86 valence electrons. The number of nitrogens with zero attached hydrogens (tertiary/aromatic N) is 1. The van der Waals surface area contributed by atoms with Crippen molar-refractivity contribution in [2.45, 2.75) is 6.54 Å². The Bertz CT molecular complexity index is 616. The van der Waals surface area contributed by atoms with Gasteiger partial charge in [0.25, 0.3) is 5.56 Å². The van der Waals surface area contributed by atoms with Gasteiger partial charge in [-0.3, -0.25) is 4.79 Å². The second-order valence-electron chi connectivity index (χ2n) is 3.39. The molecule has 3 nitrogen and oxygen atoms in total. The summed E-state index contributed by atoms with van der Waals surface area (Å²) in [6.45, 7) is 0.427. The lowest BCUT2D eigenvalue weighted by molar-refractivity contribution is 0.350. The van der Waals surface area contributed by atoms with Crippen molar-refractivity contribution >= 4 is 11.3 Å². The van der Waals surface area contributed by atoms with Crippen LogP contribution in [-0.2, 0) is 6.54 Å². The predicted molar refractivity (Wildman–Crippen MR) is 68.1 cm³/mol. The highest BCUT2D eigenvalue weighted by molar-refractivity contribution is 7.12. The molecule has 0 aliphatic heterocycles. The Balaban J connectivity index is 2.17. The summed E-state index contributed by atoms with van der Waals surface area (Å²) in [6, 6.07) is 8.95. The maximum absolute atomic E-state index is 11.5. The van der Waals surface area contributed by atoms with E-state index in [-0.39, 0.29) is 12.2 Å². The highest BCUT2D eigenvalue weighted by Crippen LogP contribution is 2.15. The molecule has 1 N–H and O–H groups in total. The van der Waals surface area contributed by atoms with Crippen LogP contribution in [0, 0.1) is 11.8 Å². The molecule has 4 heteroatoms. The second kappa shape index (κ2) is 5.48. The monoisotopic (exact) mass is 245 g/mol. The first kappa shape index (κ1) is 11.6. The van der Waals surface area contributed by atoms with Crippen molar-refractivity contribution in [1.82, 2.24) is 4.57 Å². The molecule has 0 spiro atoms. The smallest absolute Gasteiger partial charge is 0.250 e. The number of aromatic nitrogens is 1. The SMILES string of the molecule is O=c1ccccn1Cc1ccc(C#CCO)s1. The maximum atomic E-state index is 11.5. The van der Waals surface area contributed by atoms with Gasteiger partial charge in [-0.05, 0) is 18.2 Å². The van der Waals surface area contributed by atoms with Crippen LogP contribution in [0.4, 0.5) is 0 Å². The number of pyridine rings is 1. The van der Waals surface area contributed by atoms with Crippen molar-refractivity contribution in [2.75, 3.05) is 6.61 Å². The van der Waals surface area contributed by atoms with Crippen molar-refractivity contribution in [3.8, 4) is 11.8 Å². The number of hydrogen-bond acceptors (Lipinski definition) is 3. The fourth-order valence-electron chi connectivity index (χ4n) is 1.42. The molecule has 2 aromatic rings. The van der Waals surface area contributed by atoms with Crippen LogP contribution in [0.5, 0.6) is 0 Å². The van der Waals surface area contributed by atoms with Gasteiger partial charge in [0, 0.05) is 17.1 Å². The maximum Gasteiger partial charge on any atom is 0.250 e. The number of aliphatic hydroxyl groups excluding tert-OH is 1. The average molecular weight is 245 g/mol. The van der Waals surface area contributed by atoms with Crippen molar-refractivity contribution < 1.29 is 5.11 Å². The van der Waals surface area contributed by atoms with Gasteiger partial charge >= 0.3 is 0 Å². The molecule has 0 atom stereocenters. The van der Waals surface area contributed by atoms with Gasteiger partial charge in [-0.15, -0.1) is 11.3 Å². The van der Waals surface area contributed by atoms with Crippen molar-refractivity contribution in [1.29, 1.82) is 0 Å².